The van der Waals surface area contributed by atoms with Crippen molar-refractivity contribution >= 4 is 0 Å². The Labute approximate surface area is 153 Å². The van der Waals surface area contributed by atoms with Crippen molar-refractivity contribution in [1.29, 1.82) is 0 Å². The standard InChI is InChI=1S/C20H26O6/c21-11-17(23)19(25-13-15-7-3-1-4-8-15)20(18(24)12-22)26-14-16-9-5-2-6-10-16/h1-10,17-24H,11-14H2/t17-,18-,19-,20-/m0/s1. The first-order chi connectivity index (χ1) is 12.7. The molecule has 4 N–H and O–H groups in total. The van der Waals surface area contributed by atoms with Crippen molar-refractivity contribution in [2.75, 3.05) is 13.2 Å². The number of benzene rings is 2. The first-order valence-electron chi connectivity index (χ1n) is 8.54. The van der Waals surface area contributed by atoms with Crippen LogP contribution in [-0.4, -0.2) is 58.1 Å². The summed E-state index contributed by atoms with van der Waals surface area (Å²) in [4.78, 5) is 0. The van der Waals surface area contributed by atoms with Crippen molar-refractivity contribution in [2.24, 2.45) is 0 Å². The summed E-state index contributed by atoms with van der Waals surface area (Å²) in [6, 6.07) is 18.7. The van der Waals surface area contributed by atoms with Gasteiger partial charge in [-0.25, -0.2) is 0 Å². The quantitative estimate of drug-likeness (QED) is 0.473. The van der Waals surface area contributed by atoms with E-state index in [0.717, 1.165) is 11.1 Å². The molecule has 0 heterocycles. The molecule has 0 aliphatic heterocycles. The van der Waals surface area contributed by atoms with Crippen LogP contribution in [0.2, 0.25) is 0 Å². The third-order valence-corrected chi connectivity index (χ3v) is 4.03. The highest BCUT2D eigenvalue weighted by Gasteiger charge is 2.35. The highest BCUT2D eigenvalue weighted by Crippen LogP contribution is 2.18. The van der Waals surface area contributed by atoms with Crippen LogP contribution < -0.4 is 0 Å². The molecule has 26 heavy (non-hydrogen) atoms. The fraction of sp³-hybridized carbons (Fsp3) is 0.400. The minimum atomic E-state index is -1.26. The van der Waals surface area contributed by atoms with Crippen molar-refractivity contribution in [1.82, 2.24) is 0 Å². The monoisotopic (exact) mass is 362 g/mol. The molecule has 0 amide bonds. The van der Waals surface area contributed by atoms with E-state index in [0.29, 0.717) is 0 Å². The molecule has 0 aliphatic carbocycles. The largest absolute Gasteiger partial charge is 0.394 e. The number of aliphatic hydroxyl groups is 4. The third-order valence-electron chi connectivity index (χ3n) is 4.03. The maximum Gasteiger partial charge on any atom is 0.115 e. The molecule has 0 unspecified atom stereocenters. The average Bonchev–Trinajstić information content (AvgIpc) is 2.70. The molecule has 0 spiro atoms. The minimum Gasteiger partial charge on any atom is -0.394 e. The Morgan fingerprint density at radius 3 is 1.27 bits per heavy atom. The minimum absolute atomic E-state index is 0.173. The molecule has 2 aromatic carbocycles. The Morgan fingerprint density at radius 2 is 0.962 bits per heavy atom. The van der Waals surface area contributed by atoms with E-state index in [1.807, 2.05) is 60.7 Å². The summed E-state index contributed by atoms with van der Waals surface area (Å²) in [6.07, 6.45) is -4.54. The van der Waals surface area contributed by atoms with Crippen LogP contribution >= 0.6 is 0 Å². The first-order valence-corrected chi connectivity index (χ1v) is 8.54. The topological polar surface area (TPSA) is 99.4 Å². The lowest BCUT2D eigenvalue weighted by molar-refractivity contribution is -0.177. The SMILES string of the molecule is OC[C@H](O)[C@H](OCc1ccccc1)[C@@H](OCc1ccccc1)[C@@H](O)CO. The molecule has 0 aliphatic rings. The zero-order chi connectivity index (χ0) is 18.8. The molecule has 0 aromatic heterocycles. The van der Waals surface area contributed by atoms with Gasteiger partial charge in [0.2, 0.25) is 0 Å². The lowest BCUT2D eigenvalue weighted by Gasteiger charge is -2.32. The van der Waals surface area contributed by atoms with E-state index in [4.69, 9.17) is 9.47 Å². The van der Waals surface area contributed by atoms with Crippen molar-refractivity contribution in [3.63, 3.8) is 0 Å². The molecule has 0 fully saturated rings. The summed E-state index contributed by atoms with van der Waals surface area (Å²) in [5, 5.41) is 39.0. The summed E-state index contributed by atoms with van der Waals surface area (Å²) in [6.45, 7) is -0.760. The van der Waals surface area contributed by atoms with Crippen LogP contribution in [0.15, 0.2) is 60.7 Å². The fourth-order valence-corrected chi connectivity index (χ4v) is 2.59. The van der Waals surface area contributed by atoms with Gasteiger partial charge in [0.1, 0.15) is 24.4 Å². The summed E-state index contributed by atoms with van der Waals surface area (Å²) in [5.41, 5.74) is 1.76. The molecule has 2 rings (SSSR count). The summed E-state index contributed by atoms with van der Waals surface area (Å²) in [5.74, 6) is 0. The van der Waals surface area contributed by atoms with Crippen LogP contribution in [0.5, 0.6) is 0 Å². The second-order valence-electron chi connectivity index (χ2n) is 6.02. The van der Waals surface area contributed by atoms with Gasteiger partial charge >= 0.3 is 0 Å². The van der Waals surface area contributed by atoms with Gasteiger partial charge in [-0.05, 0) is 11.1 Å². The molecular formula is C20H26O6. The molecule has 2 aromatic rings. The maximum atomic E-state index is 10.2. The van der Waals surface area contributed by atoms with E-state index in [1.165, 1.54) is 0 Å². The molecule has 6 heteroatoms. The van der Waals surface area contributed by atoms with Gasteiger partial charge in [-0.2, -0.15) is 0 Å². The van der Waals surface area contributed by atoms with Crippen LogP contribution in [0.1, 0.15) is 11.1 Å². The average molecular weight is 362 g/mol. The van der Waals surface area contributed by atoms with Gasteiger partial charge in [0.25, 0.3) is 0 Å². The number of ether oxygens (including phenoxy) is 2. The Bertz CT molecular complexity index is 551. The highest BCUT2D eigenvalue weighted by atomic mass is 16.6. The van der Waals surface area contributed by atoms with E-state index in [9.17, 15) is 20.4 Å². The Hall–Kier alpha value is -1.80. The Morgan fingerprint density at radius 1 is 0.615 bits per heavy atom. The van der Waals surface area contributed by atoms with Crippen LogP contribution in [-0.2, 0) is 22.7 Å². The van der Waals surface area contributed by atoms with Crippen molar-refractivity contribution in [3.05, 3.63) is 71.8 Å². The van der Waals surface area contributed by atoms with Gasteiger partial charge in [0.15, 0.2) is 0 Å². The third kappa shape index (κ3) is 6.17. The van der Waals surface area contributed by atoms with E-state index in [-0.39, 0.29) is 13.2 Å². The Kier molecular flexibility index (Phi) is 8.70. The molecule has 0 saturated carbocycles. The molecular weight excluding hydrogens is 336 g/mol. The van der Waals surface area contributed by atoms with Crippen LogP contribution in [0.25, 0.3) is 0 Å². The fourth-order valence-electron chi connectivity index (χ4n) is 2.59. The van der Waals surface area contributed by atoms with E-state index >= 15 is 0 Å². The lowest BCUT2D eigenvalue weighted by Crippen LogP contribution is -2.50. The zero-order valence-electron chi connectivity index (χ0n) is 14.5. The molecule has 142 valence electrons. The van der Waals surface area contributed by atoms with Gasteiger partial charge < -0.3 is 29.9 Å². The summed E-state index contributed by atoms with van der Waals surface area (Å²) >= 11 is 0. The molecule has 0 radical (unpaired) electrons. The second-order valence-corrected chi connectivity index (χ2v) is 6.02. The first kappa shape index (κ1) is 20.5. The second kappa shape index (κ2) is 11.0. The van der Waals surface area contributed by atoms with Crippen LogP contribution in [0, 0.1) is 0 Å². The molecule has 4 atom stereocenters. The van der Waals surface area contributed by atoms with E-state index < -0.39 is 37.6 Å². The van der Waals surface area contributed by atoms with Crippen molar-refractivity contribution in [2.45, 2.75) is 37.6 Å². The molecule has 6 nitrogen and oxygen atoms in total. The predicted octanol–water partition coefficient (Wildman–Crippen LogP) is 0.864. The molecule has 0 saturated heterocycles. The number of hydrogen-bond acceptors (Lipinski definition) is 6. The van der Waals surface area contributed by atoms with Gasteiger partial charge in [0, 0.05) is 0 Å². The van der Waals surface area contributed by atoms with Crippen LogP contribution in [0.3, 0.4) is 0 Å². The predicted molar refractivity (Wildman–Crippen MR) is 96.2 cm³/mol. The van der Waals surface area contributed by atoms with Crippen LogP contribution in [0.4, 0.5) is 0 Å². The van der Waals surface area contributed by atoms with Crippen molar-refractivity contribution < 1.29 is 29.9 Å². The smallest absolute Gasteiger partial charge is 0.115 e. The van der Waals surface area contributed by atoms with Gasteiger partial charge in [0.05, 0.1) is 26.4 Å². The number of rotatable bonds is 11. The normalized spacial score (nSPS) is 16.0. The van der Waals surface area contributed by atoms with E-state index in [2.05, 4.69) is 0 Å². The number of aliphatic hydroxyl groups excluding tert-OH is 4. The van der Waals surface area contributed by atoms with E-state index in [1.54, 1.807) is 0 Å². The highest BCUT2D eigenvalue weighted by molar-refractivity contribution is 5.14. The van der Waals surface area contributed by atoms with Gasteiger partial charge in [-0.15, -0.1) is 0 Å². The summed E-state index contributed by atoms with van der Waals surface area (Å²) in [7, 11) is 0. The van der Waals surface area contributed by atoms with Crippen molar-refractivity contribution in [3.8, 4) is 0 Å². The van der Waals surface area contributed by atoms with Gasteiger partial charge in [-0.3, -0.25) is 0 Å². The number of hydrogen-bond donors (Lipinski definition) is 4. The lowest BCUT2D eigenvalue weighted by atomic mass is 10.0. The molecule has 0 bridgehead atoms. The Balaban J connectivity index is 2.09. The zero-order valence-corrected chi connectivity index (χ0v) is 14.5. The maximum absolute atomic E-state index is 10.2. The summed E-state index contributed by atoms with van der Waals surface area (Å²) < 4.78 is 11.5. The van der Waals surface area contributed by atoms with Gasteiger partial charge in [-0.1, -0.05) is 60.7 Å².